The van der Waals surface area contributed by atoms with Crippen LogP contribution in [0.5, 0.6) is 0 Å². The van der Waals surface area contributed by atoms with E-state index in [-0.39, 0.29) is 10.7 Å². The average molecular weight is 281 g/mol. The van der Waals surface area contributed by atoms with E-state index in [2.05, 4.69) is 20.7 Å². The van der Waals surface area contributed by atoms with Crippen molar-refractivity contribution < 1.29 is 14.7 Å². The molecule has 98 valence electrons. The summed E-state index contributed by atoms with van der Waals surface area (Å²) in [5.41, 5.74) is 0.298. The van der Waals surface area contributed by atoms with Crippen LogP contribution >= 0.6 is 11.6 Å². The van der Waals surface area contributed by atoms with Crippen LogP contribution in [0.1, 0.15) is 22.1 Å². The lowest BCUT2D eigenvalue weighted by atomic mass is 10.1. The van der Waals surface area contributed by atoms with Crippen molar-refractivity contribution in [3.05, 3.63) is 46.7 Å². The van der Waals surface area contributed by atoms with E-state index in [9.17, 15) is 14.7 Å². The molecule has 0 saturated heterocycles. The smallest absolute Gasteiger partial charge is 0.330 e. The van der Waals surface area contributed by atoms with Crippen molar-refractivity contribution in [2.75, 3.05) is 0 Å². The molecule has 0 radical (unpaired) electrons. The van der Waals surface area contributed by atoms with Crippen molar-refractivity contribution in [1.82, 2.24) is 20.7 Å². The molecule has 0 unspecified atom stereocenters. The number of amides is 1. The van der Waals surface area contributed by atoms with Gasteiger partial charge in [-0.1, -0.05) is 29.8 Å². The maximum Gasteiger partial charge on any atom is 0.330 e. The Balaban J connectivity index is 2.25. The van der Waals surface area contributed by atoms with Crippen molar-refractivity contribution in [1.29, 1.82) is 0 Å². The first-order valence-corrected chi connectivity index (χ1v) is 5.61. The fourth-order valence-corrected chi connectivity index (χ4v) is 1.74. The molecular weight excluding hydrogens is 272 g/mol. The number of halogens is 1. The molecule has 7 nitrogen and oxygen atoms in total. The second-order valence-electron chi connectivity index (χ2n) is 3.62. The van der Waals surface area contributed by atoms with Crippen LogP contribution in [0.2, 0.25) is 5.02 Å². The molecular formula is C11H9ClN4O3. The van der Waals surface area contributed by atoms with Crippen LogP contribution in [0.25, 0.3) is 0 Å². The van der Waals surface area contributed by atoms with Crippen molar-refractivity contribution in [3.8, 4) is 0 Å². The molecule has 0 fully saturated rings. The monoisotopic (exact) mass is 280 g/mol. The van der Waals surface area contributed by atoms with Gasteiger partial charge in [-0.3, -0.25) is 4.79 Å². The van der Waals surface area contributed by atoms with Crippen molar-refractivity contribution in [2.24, 2.45) is 0 Å². The zero-order valence-corrected chi connectivity index (χ0v) is 10.3. The minimum atomic E-state index is -1.25. The van der Waals surface area contributed by atoms with Gasteiger partial charge in [0, 0.05) is 10.6 Å². The van der Waals surface area contributed by atoms with E-state index < -0.39 is 17.9 Å². The Morgan fingerprint density at radius 2 is 2.11 bits per heavy atom. The molecule has 8 heteroatoms. The minimum absolute atomic E-state index is 0.00157. The van der Waals surface area contributed by atoms with Gasteiger partial charge in [0.1, 0.15) is 0 Å². The standard InChI is InChI=1S/C11H9ClN4O3/c12-7-4-2-1-3-6(7)9(11(18)19)14-10(17)8-5-13-16-15-8/h1-5,9H,(H,14,17)(H,18,19)(H,13,15,16)/t9-/m1/s1. The van der Waals surface area contributed by atoms with E-state index in [0.717, 1.165) is 0 Å². The van der Waals surface area contributed by atoms with Crippen molar-refractivity contribution in [2.45, 2.75) is 6.04 Å². The molecule has 0 aliphatic carbocycles. The summed E-state index contributed by atoms with van der Waals surface area (Å²) in [7, 11) is 0. The van der Waals surface area contributed by atoms with Gasteiger partial charge < -0.3 is 10.4 Å². The molecule has 1 amide bonds. The number of hydrogen-bond acceptors (Lipinski definition) is 4. The molecule has 2 rings (SSSR count). The van der Waals surface area contributed by atoms with E-state index in [1.807, 2.05) is 0 Å². The maximum atomic E-state index is 11.8. The number of carboxylic acid groups (broad SMARTS) is 1. The molecule has 1 atom stereocenters. The Kier molecular flexibility index (Phi) is 3.76. The third kappa shape index (κ3) is 2.89. The SMILES string of the molecule is O=C(N[C@@H](C(=O)O)c1ccccc1Cl)c1cn[nH]n1. The summed E-state index contributed by atoms with van der Waals surface area (Å²) in [6.07, 6.45) is 1.20. The number of hydrogen-bond donors (Lipinski definition) is 3. The second-order valence-corrected chi connectivity index (χ2v) is 4.03. The van der Waals surface area contributed by atoms with E-state index in [1.165, 1.54) is 12.3 Å². The number of aliphatic carboxylic acids is 1. The summed E-state index contributed by atoms with van der Waals surface area (Å²) in [4.78, 5) is 23.0. The molecule has 19 heavy (non-hydrogen) atoms. The predicted octanol–water partition coefficient (Wildman–Crippen LogP) is 1.01. The van der Waals surface area contributed by atoms with Gasteiger partial charge in [0.15, 0.2) is 11.7 Å². The average Bonchev–Trinajstić information content (AvgIpc) is 2.90. The van der Waals surface area contributed by atoms with Crippen molar-refractivity contribution >= 4 is 23.5 Å². The number of carboxylic acids is 1. The third-order valence-corrected chi connectivity index (χ3v) is 2.73. The molecule has 0 aliphatic rings. The quantitative estimate of drug-likeness (QED) is 0.775. The van der Waals surface area contributed by atoms with Gasteiger partial charge in [0.2, 0.25) is 0 Å². The lowest BCUT2D eigenvalue weighted by molar-refractivity contribution is -0.139. The van der Waals surface area contributed by atoms with Crippen LogP contribution in [0.3, 0.4) is 0 Å². The highest BCUT2D eigenvalue weighted by molar-refractivity contribution is 6.31. The van der Waals surface area contributed by atoms with Gasteiger partial charge in [-0.05, 0) is 6.07 Å². The Morgan fingerprint density at radius 1 is 1.37 bits per heavy atom. The summed E-state index contributed by atoms with van der Waals surface area (Å²) in [5.74, 6) is -1.87. The summed E-state index contributed by atoms with van der Waals surface area (Å²) in [6.45, 7) is 0. The number of carbonyl (C=O) groups is 2. The van der Waals surface area contributed by atoms with Crippen LogP contribution in [-0.4, -0.2) is 32.4 Å². The van der Waals surface area contributed by atoms with Crippen LogP contribution < -0.4 is 5.32 Å². The Hall–Kier alpha value is -2.41. The Bertz CT molecular complexity index is 600. The number of aromatic amines is 1. The van der Waals surface area contributed by atoms with Gasteiger partial charge in [-0.15, -0.1) is 0 Å². The maximum absolute atomic E-state index is 11.8. The molecule has 0 aliphatic heterocycles. The van der Waals surface area contributed by atoms with Gasteiger partial charge >= 0.3 is 5.97 Å². The van der Waals surface area contributed by atoms with Crippen molar-refractivity contribution in [3.63, 3.8) is 0 Å². The van der Waals surface area contributed by atoms with E-state index in [4.69, 9.17) is 11.6 Å². The number of nitrogens with zero attached hydrogens (tertiary/aromatic N) is 2. The van der Waals surface area contributed by atoms with Gasteiger partial charge in [-0.2, -0.15) is 15.4 Å². The summed E-state index contributed by atoms with van der Waals surface area (Å²) in [6, 6.07) is 5.14. The number of aromatic nitrogens is 3. The molecule has 1 aromatic carbocycles. The normalized spacial score (nSPS) is 11.8. The van der Waals surface area contributed by atoms with Gasteiger partial charge in [0.05, 0.1) is 6.20 Å². The van der Waals surface area contributed by atoms with Gasteiger partial charge in [0.25, 0.3) is 5.91 Å². The topological polar surface area (TPSA) is 108 Å². The van der Waals surface area contributed by atoms with Crippen LogP contribution in [0.4, 0.5) is 0 Å². The second kappa shape index (κ2) is 5.49. The van der Waals surface area contributed by atoms with Crippen LogP contribution in [0.15, 0.2) is 30.5 Å². The fraction of sp³-hybridized carbons (Fsp3) is 0.0909. The highest BCUT2D eigenvalue weighted by Gasteiger charge is 2.25. The molecule has 0 spiro atoms. The highest BCUT2D eigenvalue weighted by Crippen LogP contribution is 2.23. The molecule has 2 aromatic rings. The predicted molar refractivity (Wildman–Crippen MR) is 65.7 cm³/mol. The number of rotatable bonds is 4. The molecule has 0 bridgehead atoms. The van der Waals surface area contributed by atoms with E-state index in [0.29, 0.717) is 5.56 Å². The third-order valence-electron chi connectivity index (χ3n) is 2.39. The summed E-state index contributed by atoms with van der Waals surface area (Å²) >= 11 is 5.92. The summed E-state index contributed by atoms with van der Waals surface area (Å²) in [5, 5.41) is 21.1. The fourth-order valence-electron chi connectivity index (χ4n) is 1.50. The number of carbonyl (C=O) groups excluding carboxylic acids is 1. The largest absolute Gasteiger partial charge is 0.479 e. The number of benzene rings is 1. The zero-order valence-electron chi connectivity index (χ0n) is 9.50. The van der Waals surface area contributed by atoms with E-state index >= 15 is 0 Å². The first-order chi connectivity index (χ1) is 9.09. The van der Waals surface area contributed by atoms with E-state index in [1.54, 1.807) is 18.2 Å². The Morgan fingerprint density at radius 3 is 2.68 bits per heavy atom. The molecule has 1 heterocycles. The lowest BCUT2D eigenvalue weighted by Crippen LogP contribution is -2.34. The first-order valence-electron chi connectivity index (χ1n) is 5.23. The molecule has 1 aromatic heterocycles. The highest BCUT2D eigenvalue weighted by atomic mass is 35.5. The van der Waals surface area contributed by atoms with Gasteiger partial charge in [-0.25, -0.2) is 4.79 Å². The summed E-state index contributed by atoms with van der Waals surface area (Å²) < 4.78 is 0. The van der Waals surface area contributed by atoms with Crippen LogP contribution in [0, 0.1) is 0 Å². The Labute approximate surface area is 112 Å². The lowest BCUT2D eigenvalue weighted by Gasteiger charge is -2.15. The molecule has 3 N–H and O–H groups in total. The first kappa shape index (κ1) is 13.0. The minimum Gasteiger partial charge on any atom is -0.479 e. The molecule has 0 saturated carbocycles. The van der Waals surface area contributed by atoms with Crippen LogP contribution in [-0.2, 0) is 4.79 Å². The number of nitrogens with one attached hydrogen (secondary N) is 2. The zero-order chi connectivity index (χ0) is 13.8. The number of H-pyrrole nitrogens is 1.